The second kappa shape index (κ2) is 7.53. The smallest absolute Gasteiger partial charge is 0.190 e. The first kappa shape index (κ1) is 16.6. The van der Waals surface area contributed by atoms with Crippen LogP contribution < -0.4 is 10.1 Å². The van der Waals surface area contributed by atoms with E-state index in [1.165, 1.54) is 0 Å². The molecule has 0 aliphatic carbocycles. The summed E-state index contributed by atoms with van der Waals surface area (Å²) in [5.74, 6) is 1.61. The van der Waals surface area contributed by atoms with E-state index in [4.69, 9.17) is 9.26 Å². The van der Waals surface area contributed by atoms with Gasteiger partial charge in [0.15, 0.2) is 5.76 Å². The predicted molar refractivity (Wildman–Crippen MR) is 99.4 cm³/mol. The van der Waals surface area contributed by atoms with Crippen molar-refractivity contribution >= 4 is 21.6 Å². The van der Waals surface area contributed by atoms with Crippen LogP contribution in [0, 0.1) is 6.92 Å². The van der Waals surface area contributed by atoms with Gasteiger partial charge in [0.25, 0.3) is 0 Å². The largest absolute Gasteiger partial charge is 0.489 e. The van der Waals surface area contributed by atoms with Gasteiger partial charge in [0.2, 0.25) is 0 Å². The summed E-state index contributed by atoms with van der Waals surface area (Å²) in [5.41, 5.74) is 2.72. The van der Waals surface area contributed by atoms with E-state index in [0.717, 1.165) is 32.9 Å². The molecule has 1 atom stereocenters. The summed E-state index contributed by atoms with van der Waals surface area (Å²) in [5, 5.41) is 7.49. The summed E-state index contributed by atoms with van der Waals surface area (Å²) in [6.07, 6.45) is 0.0134. The first-order valence-electron chi connectivity index (χ1n) is 7.81. The van der Waals surface area contributed by atoms with E-state index in [9.17, 15) is 0 Å². The highest BCUT2D eigenvalue weighted by atomic mass is 79.9. The van der Waals surface area contributed by atoms with Gasteiger partial charge in [-0.05, 0) is 50.2 Å². The standard InChI is InChI=1S/C19H19BrN2O2/c1-13(23-17-6-4-3-5-7-17)12-21-18-14(2)22-24-19(18)15-8-10-16(20)11-9-15/h3-11,13,21H,12H2,1-2H3. The number of ether oxygens (including phenoxy) is 1. The van der Waals surface area contributed by atoms with Crippen LogP contribution in [-0.4, -0.2) is 17.8 Å². The molecule has 0 radical (unpaired) electrons. The van der Waals surface area contributed by atoms with Gasteiger partial charge in [-0.3, -0.25) is 0 Å². The molecule has 1 heterocycles. The minimum atomic E-state index is 0.0134. The number of halogens is 1. The van der Waals surface area contributed by atoms with Crippen LogP contribution in [0.4, 0.5) is 5.69 Å². The third-order valence-electron chi connectivity index (χ3n) is 3.62. The summed E-state index contributed by atoms with van der Waals surface area (Å²) < 4.78 is 12.4. The Morgan fingerprint density at radius 3 is 2.54 bits per heavy atom. The number of hydrogen-bond donors (Lipinski definition) is 1. The zero-order chi connectivity index (χ0) is 16.9. The van der Waals surface area contributed by atoms with E-state index >= 15 is 0 Å². The fraction of sp³-hybridized carbons (Fsp3) is 0.211. The molecule has 0 aliphatic heterocycles. The number of rotatable bonds is 6. The second-order valence-electron chi connectivity index (χ2n) is 5.60. The van der Waals surface area contributed by atoms with E-state index in [0.29, 0.717) is 6.54 Å². The summed E-state index contributed by atoms with van der Waals surface area (Å²) in [6, 6.07) is 17.8. The molecule has 24 heavy (non-hydrogen) atoms. The molecule has 3 aromatic rings. The molecule has 1 aromatic heterocycles. The molecule has 124 valence electrons. The lowest BCUT2D eigenvalue weighted by Gasteiger charge is -2.16. The molecule has 0 saturated carbocycles. The van der Waals surface area contributed by atoms with Crippen LogP contribution in [0.25, 0.3) is 11.3 Å². The van der Waals surface area contributed by atoms with Crippen molar-refractivity contribution in [1.29, 1.82) is 0 Å². The van der Waals surface area contributed by atoms with Crippen molar-refractivity contribution in [2.24, 2.45) is 0 Å². The fourth-order valence-electron chi connectivity index (χ4n) is 2.40. The molecule has 1 N–H and O–H groups in total. The summed E-state index contributed by atoms with van der Waals surface area (Å²) in [6.45, 7) is 4.61. The number of nitrogens with zero attached hydrogens (tertiary/aromatic N) is 1. The molecule has 0 aliphatic rings. The molecule has 1 unspecified atom stereocenters. The van der Waals surface area contributed by atoms with Gasteiger partial charge in [-0.25, -0.2) is 0 Å². The topological polar surface area (TPSA) is 47.3 Å². The van der Waals surface area contributed by atoms with Crippen molar-refractivity contribution in [3.63, 3.8) is 0 Å². The van der Waals surface area contributed by atoms with E-state index in [2.05, 4.69) is 26.4 Å². The van der Waals surface area contributed by atoms with E-state index in [-0.39, 0.29) is 6.10 Å². The fourth-order valence-corrected chi connectivity index (χ4v) is 2.66. The highest BCUT2D eigenvalue weighted by molar-refractivity contribution is 9.10. The zero-order valence-corrected chi connectivity index (χ0v) is 15.2. The number of hydrogen-bond acceptors (Lipinski definition) is 4. The molecular formula is C19H19BrN2O2. The SMILES string of the molecule is Cc1noc(-c2ccc(Br)cc2)c1NCC(C)Oc1ccccc1. The lowest BCUT2D eigenvalue weighted by molar-refractivity contribution is 0.235. The molecule has 0 spiro atoms. The van der Waals surface area contributed by atoms with Crippen molar-refractivity contribution in [3.05, 3.63) is 64.8 Å². The number of para-hydroxylation sites is 1. The second-order valence-corrected chi connectivity index (χ2v) is 6.52. The van der Waals surface area contributed by atoms with Crippen LogP contribution in [0.5, 0.6) is 5.75 Å². The number of nitrogens with one attached hydrogen (secondary N) is 1. The molecule has 0 bridgehead atoms. The number of anilines is 1. The van der Waals surface area contributed by atoms with Crippen LogP contribution >= 0.6 is 15.9 Å². The Kier molecular flexibility index (Phi) is 5.20. The Bertz CT molecular complexity index is 785. The van der Waals surface area contributed by atoms with Gasteiger partial charge in [0.1, 0.15) is 23.2 Å². The van der Waals surface area contributed by atoms with Crippen molar-refractivity contribution in [3.8, 4) is 17.1 Å². The minimum Gasteiger partial charge on any atom is -0.489 e. The lowest BCUT2D eigenvalue weighted by Crippen LogP contribution is -2.23. The number of aromatic nitrogens is 1. The number of benzene rings is 2. The Morgan fingerprint density at radius 1 is 1.12 bits per heavy atom. The van der Waals surface area contributed by atoms with E-state index in [1.54, 1.807) is 0 Å². The summed E-state index contributed by atoms with van der Waals surface area (Å²) in [7, 11) is 0. The molecule has 5 heteroatoms. The van der Waals surface area contributed by atoms with Crippen LogP contribution in [0.2, 0.25) is 0 Å². The van der Waals surface area contributed by atoms with Crippen LogP contribution in [0.1, 0.15) is 12.6 Å². The predicted octanol–water partition coefficient (Wildman–Crippen LogP) is 5.29. The highest BCUT2D eigenvalue weighted by Gasteiger charge is 2.16. The monoisotopic (exact) mass is 386 g/mol. The molecule has 3 rings (SSSR count). The van der Waals surface area contributed by atoms with E-state index < -0.39 is 0 Å². The van der Waals surface area contributed by atoms with Crippen molar-refractivity contribution in [2.75, 3.05) is 11.9 Å². The average molecular weight is 387 g/mol. The molecule has 0 fully saturated rings. The van der Waals surface area contributed by atoms with Gasteiger partial charge in [0.05, 0.1) is 6.54 Å². The minimum absolute atomic E-state index is 0.0134. The van der Waals surface area contributed by atoms with E-state index in [1.807, 2.05) is 68.4 Å². The van der Waals surface area contributed by atoms with Crippen LogP contribution in [0.3, 0.4) is 0 Å². The maximum absolute atomic E-state index is 5.89. The van der Waals surface area contributed by atoms with Gasteiger partial charge in [-0.15, -0.1) is 0 Å². The Morgan fingerprint density at radius 2 is 1.83 bits per heavy atom. The van der Waals surface area contributed by atoms with Gasteiger partial charge in [-0.1, -0.05) is 39.3 Å². The molecule has 4 nitrogen and oxygen atoms in total. The molecule has 2 aromatic carbocycles. The molecular weight excluding hydrogens is 368 g/mol. The molecule has 0 amide bonds. The Hall–Kier alpha value is -2.27. The first-order chi connectivity index (χ1) is 11.6. The van der Waals surface area contributed by atoms with Crippen molar-refractivity contribution < 1.29 is 9.26 Å². The highest BCUT2D eigenvalue weighted by Crippen LogP contribution is 2.31. The maximum Gasteiger partial charge on any atom is 0.190 e. The van der Waals surface area contributed by atoms with Crippen molar-refractivity contribution in [2.45, 2.75) is 20.0 Å². The third-order valence-corrected chi connectivity index (χ3v) is 4.14. The Labute approximate surface area is 150 Å². The normalized spacial score (nSPS) is 12.0. The summed E-state index contributed by atoms with van der Waals surface area (Å²) >= 11 is 3.44. The van der Waals surface area contributed by atoms with Gasteiger partial charge >= 0.3 is 0 Å². The van der Waals surface area contributed by atoms with Crippen LogP contribution in [0.15, 0.2) is 63.6 Å². The number of aryl methyl sites for hydroxylation is 1. The zero-order valence-electron chi connectivity index (χ0n) is 13.6. The first-order valence-corrected chi connectivity index (χ1v) is 8.60. The maximum atomic E-state index is 5.89. The summed E-state index contributed by atoms with van der Waals surface area (Å²) in [4.78, 5) is 0. The van der Waals surface area contributed by atoms with Gasteiger partial charge < -0.3 is 14.6 Å². The Balaban J connectivity index is 1.69. The average Bonchev–Trinajstić information content (AvgIpc) is 2.95. The van der Waals surface area contributed by atoms with Gasteiger partial charge in [0, 0.05) is 10.0 Å². The third kappa shape index (κ3) is 3.97. The van der Waals surface area contributed by atoms with Gasteiger partial charge in [-0.2, -0.15) is 0 Å². The quantitative estimate of drug-likeness (QED) is 0.624. The van der Waals surface area contributed by atoms with Crippen molar-refractivity contribution in [1.82, 2.24) is 5.16 Å². The lowest BCUT2D eigenvalue weighted by atomic mass is 10.1. The van der Waals surface area contributed by atoms with Crippen LogP contribution in [-0.2, 0) is 0 Å². The molecule has 0 saturated heterocycles.